The van der Waals surface area contributed by atoms with E-state index >= 15 is 0 Å². The number of hydrogen-bond acceptors (Lipinski definition) is 5. The van der Waals surface area contributed by atoms with E-state index in [1.807, 2.05) is 0 Å². The molecular formula is C19H26N4O. The maximum Gasteiger partial charge on any atom is 0.229 e. The highest BCUT2D eigenvalue weighted by Crippen LogP contribution is 2.38. The Kier molecular flexibility index (Phi) is 4.63. The SMILES string of the molecule is Cc1ccccc1CN1CCCN(Cc2noc(C3CC3)n2)CC1. The van der Waals surface area contributed by atoms with Crippen molar-refractivity contribution in [2.45, 2.75) is 45.2 Å². The molecule has 0 bridgehead atoms. The second-order valence-electron chi connectivity index (χ2n) is 7.16. The molecule has 1 saturated carbocycles. The Morgan fingerprint density at radius 2 is 1.79 bits per heavy atom. The molecule has 2 aromatic rings. The van der Waals surface area contributed by atoms with Gasteiger partial charge in [0.15, 0.2) is 5.82 Å². The van der Waals surface area contributed by atoms with Crippen molar-refractivity contribution in [2.75, 3.05) is 26.2 Å². The zero-order valence-corrected chi connectivity index (χ0v) is 14.4. The Labute approximate surface area is 143 Å². The molecular weight excluding hydrogens is 300 g/mol. The zero-order valence-electron chi connectivity index (χ0n) is 14.4. The molecule has 2 aliphatic rings. The Morgan fingerprint density at radius 1 is 1.04 bits per heavy atom. The summed E-state index contributed by atoms with van der Waals surface area (Å²) in [6.07, 6.45) is 3.61. The molecule has 0 atom stereocenters. The lowest BCUT2D eigenvalue weighted by Crippen LogP contribution is -2.30. The van der Waals surface area contributed by atoms with Gasteiger partial charge in [-0.25, -0.2) is 0 Å². The van der Waals surface area contributed by atoms with Crippen LogP contribution < -0.4 is 0 Å². The molecule has 0 unspecified atom stereocenters. The number of benzene rings is 1. The molecule has 128 valence electrons. The van der Waals surface area contributed by atoms with Crippen molar-refractivity contribution in [2.24, 2.45) is 0 Å². The maximum absolute atomic E-state index is 5.38. The van der Waals surface area contributed by atoms with Gasteiger partial charge in [-0.15, -0.1) is 0 Å². The second-order valence-corrected chi connectivity index (χ2v) is 7.16. The first-order valence-corrected chi connectivity index (χ1v) is 9.09. The van der Waals surface area contributed by atoms with Crippen LogP contribution >= 0.6 is 0 Å². The van der Waals surface area contributed by atoms with Crippen LogP contribution in [0.4, 0.5) is 0 Å². The Balaban J connectivity index is 1.31. The number of hydrogen-bond donors (Lipinski definition) is 0. The van der Waals surface area contributed by atoms with E-state index in [0.29, 0.717) is 5.92 Å². The van der Waals surface area contributed by atoms with E-state index in [4.69, 9.17) is 4.52 Å². The van der Waals surface area contributed by atoms with E-state index in [-0.39, 0.29) is 0 Å². The fraction of sp³-hybridized carbons (Fsp3) is 0.579. The largest absolute Gasteiger partial charge is 0.339 e. The highest BCUT2D eigenvalue weighted by Gasteiger charge is 2.29. The zero-order chi connectivity index (χ0) is 16.4. The standard InChI is InChI=1S/C19H26N4O/c1-15-5-2-3-6-17(15)13-22-9-4-10-23(12-11-22)14-18-20-19(24-21-18)16-7-8-16/h2-3,5-6,16H,4,7-14H2,1H3. The third-order valence-electron chi connectivity index (χ3n) is 5.11. The summed E-state index contributed by atoms with van der Waals surface area (Å²) in [6.45, 7) is 8.50. The summed E-state index contributed by atoms with van der Waals surface area (Å²) in [5, 5.41) is 4.16. The average Bonchev–Trinajstić information content (AvgIpc) is 3.36. The lowest BCUT2D eigenvalue weighted by atomic mass is 10.1. The molecule has 0 spiro atoms. The summed E-state index contributed by atoms with van der Waals surface area (Å²) in [6, 6.07) is 8.70. The first-order chi connectivity index (χ1) is 11.8. The normalized spacial score (nSPS) is 20.2. The third-order valence-corrected chi connectivity index (χ3v) is 5.11. The fourth-order valence-electron chi connectivity index (χ4n) is 3.40. The predicted octanol–water partition coefficient (Wildman–Crippen LogP) is 2.96. The summed E-state index contributed by atoms with van der Waals surface area (Å²) in [5.41, 5.74) is 2.83. The van der Waals surface area contributed by atoms with Crippen LogP contribution in [0.5, 0.6) is 0 Å². The molecule has 24 heavy (non-hydrogen) atoms. The van der Waals surface area contributed by atoms with Gasteiger partial charge in [0, 0.05) is 25.6 Å². The van der Waals surface area contributed by atoms with Gasteiger partial charge in [-0.05, 0) is 50.4 Å². The summed E-state index contributed by atoms with van der Waals surface area (Å²) >= 11 is 0. The van der Waals surface area contributed by atoms with E-state index in [1.165, 1.54) is 30.4 Å². The van der Waals surface area contributed by atoms with Gasteiger partial charge in [0.05, 0.1) is 6.54 Å². The maximum atomic E-state index is 5.38. The minimum atomic E-state index is 0.542. The van der Waals surface area contributed by atoms with Crippen LogP contribution in [0.1, 0.15) is 48.0 Å². The highest BCUT2D eigenvalue weighted by molar-refractivity contribution is 5.25. The molecule has 0 radical (unpaired) electrons. The van der Waals surface area contributed by atoms with E-state index in [9.17, 15) is 0 Å². The van der Waals surface area contributed by atoms with Gasteiger partial charge < -0.3 is 4.52 Å². The monoisotopic (exact) mass is 326 g/mol. The number of aryl methyl sites for hydroxylation is 1. The molecule has 1 aliphatic heterocycles. The minimum Gasteiger partial charge on any atom is -0.339 e. The molecule has 0 N–H and O–H groups in total. The van der Waals surface area contributed by atoms with Crippen LogP contribution in [0.25, 0.3) is 0 Å². The number of aromatic nitrogens is 2. The van der Waals surface area contributed by atoms with Crippen LogP contribution in [-0.2, 0) is 13.1 Å². The lowest BCUT2D eigenvalue weighted by Gasteiger charge is -2.21. The van der Waals surface area contributed by atoms with Crippen LogP contribution in [0.2, 0.25) is 0 Å². The molecule has 5 heteroatoms. The molecule has 1 aromatic heterocycles. The molecule has 2 fully saturated rings. The first-order valence-electron chi connectivity index (χ1n) is 9.09. The molecule has 1 aromatic carbocycles. The van der Waals surface area contributed by atoms with E-state index in [0.717, 1.165) is 51.0 Å². The van der Waals surface area contributed by atoms with Gasteiger partial charge in [-0.2, -0.15) is 4.98 Å². The summed E-state index contributed by atoms with van der Waals surface area (Å²) < 4.78 is 5.38. The van der Waals surface area contributed by atoms with Crippen LogP contribution in [-0.4, -0.2) is 46.1 Å². The third kappa shape index (κ3) is 3.84. The molecule has 1 saturated heterocycles. The quantitative estimate of drug-likeness (QED) is 0.845. The molecule has 0 amide bonds. The van der Waals surface area contributed by atoms with Crippen molar-refractivity contribution in [1.29, 1.82) is 0 Å². The van der Waals surface area contributed by atoms with E-state index in [1.54, 1.807) is 0 Å². The van der Waals surface area contributed by atoms with Crippen molar-refractivity contribution < 1.29 is 4.52 Å². The summed E-state index contributed by atoms with van der Waals surface area (Å²) in [7, 11) is 0. The van der Waals surface area contributed by atoms with Gasteiger partial charge in [0.2, 0.25) is 5.89 Å². The fourth-order valence-corrected chi connectivity index (χ4v) is 3.40. The summed E-state index contributed by atoms with van der Waals surface area (Å²) in [5.74, 6) is 2.24. The number of rotatable bonds is 5. The molecule has 2 heterocycles. The van der Waals surface area contributed by atoms with Crippen molar-refractivity contribution in [3.63, 3.8) is 0 Å². The van der Waals surface area contributed by atoms with Gasteiger partial charge in [-0.1, -0.05) is 29.4 Å². The second kappa shape index (κ2) is 7.03. The van der Waals surface area contributed by atoms with Gasteiger partial charge in [0.1, 0.15) is 0 Å². The first kappa shape index (κ1) is 15.8. The van der Waals surface area contributed by atoms with Crippen molar-refractivity contribution in [1.82, 2.24) is 19.9 Å². The Bertz CT molecular complexity index is 680. The van der Waals surface area contributed by atoms with Crippen molar-refractivity contribution in [3.8, 4) is 0 Å². The number of nitrogens with zero attached hydrogens (tertiary/aromatic N) is 4. The molecule has 1 aliphatic carbocycles. The van der Waals surface area contributed by atoms with Crippen molar-refractivity contribution in [3.05, 3.63) is 47.1 Å². The Hall–Kier alpha value is -1.72. The topological polar surface area (TPSA) is 45.4 Å². The van der Waals surface area contributed by atoms with Crippen LogP contribution in [0, 0.1) is 6.92 Å². The molecule has 4 rings (SSSR count). The van der Waals surface area contributed by atoms with E-state index < -0.39 is 0 Å². The van der Waals surface area contributed by atoms with Crippen LogP contribution in [0.3, 0.4) is 0 Å². The highest BCUT2D eigenvalue weighted by atomic mass is 16.5. The van der Waals surface area contributed by atoms with Crippen LogP contribution in [0.15, 0.2) is 28.8 Å². The minimum absolute atomic E-state index is 0.542. The smallest absolute Gasteiger partial charge is 0.229 e. The van der Waals surface area contributed by atoms with Crippen molar-refractivity contribution >= 4 is 0 Å². The average molecular weight is 326 g/mol. The van der Waals surface area contributed by atoms with Gasteiger partial charge in [-0.3, -0.25) is 9.80 Å². The van der Waals surface area contributed by atoms with E-state index in [2.05, 4.69) is 51.1 Å². The lowest BCUT2D eigenvalue weighted by molar-refractivity contribution is 0.241. The Morgan fingerprint density at radius 3 is 2.54 bits per heavy atom. The summed E-state index contributed by atoms with van der Waals surface area (Å²) in [4.78, 5) is 9.58. The van der Waals surface area contributed by atoms with Gasteiger partial charge in [0.25, 0.3) is 0 Å². The van der Waals surface area contributed by atoms with Gasteiger partial charge >= 0.3 is 0 Å². The molecule has 5 nitrogen and oxygen atoms in total. The predicted molar refractivity (Wildman–Crippen MR) is 92.6 cm³/mol.